The Morgan fingerprint density at radius 2 is 2.12 bits per heavy atom. The molecule has 0 aromatic heterocycles. The molecule has 0 aliphatic carbocycles. The van der Waals surface area contributed by atoms with Gasteiger partial charge >= 0.3 is 0 Å². The van der Waals surface area contributed by atoms with Crippen LogP contribution in [0.4, 0.5) is 0 Å². The van der Waals surface area contributed by atoms with Gasteiger partial charge in [-0.25, -0.2) is 0 Å². The van der Waals surface area contributed by atoms with E-state index in [0.29, 0.717) is 5.92 Å². The first kappa shape index (κ1) is 11.1. The summed E-state index contributed by atoms with van der Waals surface area (Å²) >= 11 is 0. The van der Waals surface area contributed by atoms with E-state index in [0.717, 1.165) is 19.5 Å². The molecule has 86 valence electrons. The van der Waals surface area contributed by atoms with Crippen LogP contribution in [0.25, 0.3) is 0 Å². The third-order valence-electron chi connectivity index (χ3n) is 3.25. The highest BCUT2D eigenvalue weighted by atomic mass is 16.2. The number of β-lactam (4-membered cyclic amide) rings is 1. The van der Waals surface area contributed by atoms with E-state index in [9.17, 15) is 4.79 Å². The average Bonchev–Trinajstić information content (AvgIpc) is 2.34. The highest BCUT2D eigenvalue weighted by Gasteiger charge is 2.32. The lowest BCUT2D eigenvalue weighted by Gasteiger charge is -2.36. The number of carbonyl (C=O) groups excluding carboxylic acids is 1. The van der Waals surface area contributed by atoms with E-state index < -0.39 is 0 Å². The van der Waals surface area contributed by atoms with E-state index in [1.165, 1.54) is 5.56 Å². The molecular formula is C13H18N2O. The normalized spacial score (nSPS) is 21.8. The Balaban J connectivity index is 1.81. The van der Waals surface area contributed by atoms with Gasteiger partial charge in [-0.1, -0.05) is 37.3 Å². The third-order valence-corrected chi connectivity index (χ3v) is 3.25. The van der Waals surface area contributed by atoms with Crippen LogP contribution in [0.1, 0.15) is 24.8 Å². The summed E-state index contributed by atoms with van der Waals surface area (Å²) in [6.45, 7) is 3.74. The minimum Gasteiger partial charge on any atom is -0.339 e. The van der Waals surface area contributed by atoms with Crippen LogP contribution in [0.3, 0.4) is 0 Å². The van der Waals surface area contributed by atoms with E-state index in [2.05, 4.69) is 31.2 Å². The maximum atomic E-state index is 11.3. The molecule has 0 bridgehead atoms. The zero-order valence-electron chi connectivity index (χ0n) is 9.60. The molecule has 0 saturated carbocycles. The molecule has 3 nitrogen and oxygen atoms in total. The van der Waals surface area contributed by atoms with Crippen LogP contribution in [-0.2, 0) is 4.79 Å². The first-order chi connectivity index (χ1) is 7.68. The van der Waals surface area contributed by atoms with Crippen molar-refractivity contribution in [1.82, 2.24) is 4.90 Å². The Morgan fingerprint density at radius 3 is 2.69 bits per heavy atom. The summed E-state index contributed by atoms with van der Waals surface area (Å²) in [6.07, 6.45) is 1.00. The number of hydrogen-bond donors (Lipinski definition) is 1. The highest BCUT2D eigenvalue weighted by Crippen LogP contribution is 2.20. The standard InChI is InChI=1S/C13H18N2O/c1-10(11-5-3-2-4-6-11)7-8-15-9-12(14)13(15)16/h2-6,10,12H,7-9,14H2,1H3. The monoisotopic (exact) mass is 218 g/mol. The molecule has 1 saturated heterocycles. The number of carbonyl (C=O) groups is 1. The predicted octanol–water partition coefficient (Wildman–Crippen LogP) is 1.35. The summed E-state index contributed by atoms with van der Waals surface area (Å²) in [5.41, 5.74) is 6.87. The zero-order valence-corrected chi connectivity index (χ0v) is 9.60. The molecule has 2 unspecified atom stereocenters. The number of likely N-dealkylation sites (tertiary alicyclic amines) is 1. The van der Waals surface area contributed by atoms with Crippen LogP contribution in [-0.4, -0.2) is 29.9 Å². The summed E-state index contributed by atoms with van der Waals surface area (Å²) in [6, 6.07) is 10.1. The van der Waals surface area contributed by atoms with Crippen LogP contribution >= 0.6 is 0 Å². The molecule has 1 aliphatic heterocycles. The van der Waals surface area contributed by atoms with Crippen molar-refractivity contribution in [3.63, 3.8) is 0 Å². The van der Waals surface area contributed by atoms with Crippen molar-refractivity contribution in [2.45, 2.75) is 25.3 Å². The number of amides is 1. The Morgan fingerprint density at radius 1 is 1.44 bits per heavy atom. The van der Waals surface area contributed by atoms with Gasteiger partial charge in [0, 0.05) is 13.1 Å². The van der Waals surface area contributed by atoms with Crippen LogP contribution < -0.4 is 5.73 Å². The Hall–Kier alpha value is -1.35. The second kappa shape index (κ2) is 4.66. The van der Waals surface area contributed by atoms with Gasteiger partial charge in [-0.2, -0.15) is 0 Å². The molecule has 16 heavy (non-hydrogen) atoms. The van der Waals surface area contributed by atoms with Gasteiger partial charge < -0.3 is 10.6 Å². The molecule has 2 N–H and O–H groups in total. The lowest BCUT2D eigenvalue weighted by atomic mass is 9.96. The van der Waals surface area contributed by atoms with E-state index in [1.807, 2.05) is 11.0 Å². The average molecular weight is 218 g/mol. The predicted molar refractivity (Wildman–Crippen MR) is 64.0 cm³/mol. The second-order valence-corrected chi connectivity index (χ2v) is 4.49. The number of nitrogens with zero attached hydrogens (tertiary/aromatic N) is 1. The lowest BCUT2D eigenvalue weighted by molar-refractivity contribution is -0.142. The fraction of sp³-hybridized carbons (Fsp3) is 0.462. The van der Waals surface area contributed by atoms with Crippen LogP contribution in [0.15, 0.2) is 30.3 Å². The van der Waals surface area contributed by atoms with Crippen molar-refractivity contribution in [3.05, 3.63) is 35.9 Å². The van der Waals surface area contributed by atoms with Gasteiger partial charge in [0.15, 0.2) is 0 Å². The SMILES string of the molecule is CC(CCN1CC(N)C1=O)c1ccccc1. The molecule has 0 radical (unpaired) electrons. The van der Waals surface area contributed by atoms with E-state index in [-0.39, 0.29) is 11.9 Å². The fourth-order valence-electron chi connectivity index (χ4n) is 2.03. The van der Waals surface area contributed by atoms with Gasteiger partial charge in [-0.15, -0.1) is 0 Å². The number of benzene rings is 1. The quantitative estimate of drug-likeness (QED) is 0.775. The minimum atomic E-state index is -0.243. The Labute approximate surface area is 96.2 Å². The number of rotatable bonds is 4. The topological polar surface area (TPSA) is 46.3 Å². The first-order valence-electron chi connectivity index (χ1n) is 5.78. The van der Waals surface area contributed by atoms with Crippen molar-refractivity contribution in [3.8, 4) is 0 Å². The van der Waals surface area contributed by atoms with Gasteiger partial charge in [0.2, 0.25) is 5.91 Å². The molecule has 0 spiro atoms. The zero-order chi connectivity index (χ0) is 11.5. The molecule has 1 fully saturated rings. The lowest BCUT2D eigenvalue weighted by Crippen LogP contribution is -2.61. The van der Waals surface area contributed by atoms with E-state index >= 15 is 0 Å². The number of hydrogen-bond acceptors (Lipinski definition) is 2. The van der Waals surface area contributed by atoms with E-state index in [1.54, 1.807) is 0 Å². The summed E-state index contributed by atoms with van der Waals surface area (Å²) in [5.74, 6) is 0.589. The largest absolute Gasteiger partial charge is 0.339 e. The molecule has 1 heterocycles. The molecule has 1 aromatic carbocycles. The molecule has 2 rings (SSSR count). The minimum absolute atomic E-state index is 0.0975. The van der Waals surface area contributed by atoms with Gasteiger partial charge in [-0.05, 0) is 17.9 Å². The molecule has 1 aliphatic rings. The van der Waals surface area contributed by atoms with Crippen molar-refractivity contribution in [2.24, 2.45) is 5.73 Å². The van der Waals surface area contributed by atoms with Gasteiger partial charge in [-0.3, -0.25) is 4.79 Å². The molecular weight excluding hydrogens is 200 g/mol. The van der Waals surface area contributed by atoms with Crippen LogP contribution in [0, 0.1) is 0 Å². The van der Waals surface area contributed by atoms with E-state index in [4.69, 9.17) is 5.73 Å². The molecule has 2 atom stereocenters. The summed E-state index contributed by atoms with van der Waals surface area (Å²) < 4.78 is 0. The molecule has 1 aromatic rings. The number of nitrogens with two attached hydrogens (primary N) is 1. The third kappa shape index (κ3) is 2.25. The Bertz CT molecular complexity index is 363. The summed E-state index contributed by atoms with van der Waals surface area (Å²) in [4.78, 5) is 13.1. The maximum Gasteiger partial charge on any atom is 0.241 e. The Kier molecular flexibility index (Phi) is 3.25. The van der Waals surface area contributed by atoms with Crippen molar-refractivity contribution < 1.29 is 4.79 Å². The maximum absolute atomic E-state index is 11.3. The van der Waals surface area contributed by atoms with Gasteiger partial charge in [0.05, 0.1) is 0 Å². The van der Waals surface area contributed by atoms with Gasteiger partial charge in [0.1, 0.15) is 6.04 Å². The van der Waals surface area contributed by atoms with Crippen molar-refractivity contribution >= 4 is 5.91 Å². The smallest absolute Gasteiger partial charge is 0.241 e. The van der Waals surface area contributed by atoms with Crippen LogP contribution in [0.5, 0.6) is 0 Å². The van der Waals surface area contributed by atoms with Crippen molar-refractivity contribution in [2.75, 3.05) is 13.1 Å². The molecule has 1 amide bonds. The summed E-state index contributed by atoms with van der Waals surface area (Å²) in [5, 5.41) is 0. The van der Waals surface area contributed by atoms with Crippen molar-refractivity contribution in [1.29, 1.82) is 0 Å². The van der Waals surface area contributed by atoms with Crippen LogP contribution in [0.2, 0.25) is 0 Å². The second-order valence-electron chi connectivity index (χ2n) is 4.49. The highest BCUT2D eigenvalue weighted by molar-refractivity contribution is 5.87. The first-order valence-corrected chi connectivity index (χ1v) is 5.78. The molecule has 3 heteroatoms. The van der Waals surface area contributed by atoms with Gasteiger partial charge in [0.25, 0.3) is 0 Å². The fourth-order valence-corrected chi connectivity index (χ4v) is 2.03. The summed E-state index contributed by atoms with van der Waals surface area (Å²) in [7, 11) is 0.